The van der Waals surface area contributed by atoms with E-state index in [9.17, 15) is 0 Å². The maximum atomic E-state index is 5.53. The Morgan fingerprint density at radius 3 is 2.62 bits per heavy atom. The number of nitrogens with one attached hydrogen (secondary N) is 3. The predicted molar refractivity (Wildman–Crippen MR) is 157 cm³/mol. The highest BCUT2D eigenvalue weighted by molar-refractivity contribution is 5.91. The average molecular weight is 540 g/mol. The zero-order valence-electron chi connectivity index (χ0n) is 23.0. The number of fused-ring (bicyclic) bond motifs is 3. The smallest absolute Gasteiger partial charge is 0.153 e. The molecule has 4 aromatic heterocycles. The van der Waals surface area contributed by atoms with Crippen molar-refractivity contribution < 1.29 is 4.74 Å². The Hall–Kier alpha value is -3.76. The Morgan fingerprint density at radius 1 is 1.02 bits per heavy atom. The minimum absolute atomic E-state index is 0.342. The molecule has 3 atom stereocenters. The summed E-state index contributed by atoms with van der Waals surface area (Å²) in [4.78, 5) is 19.6. The molecule has 7 rings (SSSR count). The van der Waals surface area contributed by atoms with Crippen LogP contribution in [0, 0.1) is 6.92 Å². The molecule has 0 aliphatic carbocycles. The highest BCUT2D eigenvalue weighted by Gasteiger charge is 2.38. The number of rotatable bonds is 7. The third-order valence-corrected chi connectivity index (χ3v) is 8.45. The van der Waals surface area contributed by atoms with Gasteiger partial charge in [-0.1, -0.05) is 0 Å². The van der Waals surface area contributed by atoms with Crippen LogP contribution in [0.25, 0.3) is 10.9 Å². The molecule has 3 N–H and O–H groups in total. The van der Waals surface area contributed by atoms with E-state index in [-0.39, 0.29) is 0 Å². The number of ether oxygens (including phenoxy) is 1. The highest BCUT2D eigenvalue weighted by Crippen LogP contribution is 2.39. The van der Waals surface area contributed by atoms with Crippen molar-refractivity contribution in [3.05, 3.63) is 60.2 Å². The number of aryl methyl sites for hydroxylation is 1. The number of anilines is 4. The zero-order chi connectivity index (χ0) is 26.9. The lowest BCUT2D eigenvalue weighted by atomic mass is 9.81. The van der Waals surface area contributed by atoms with E-state index in [1.807, 2.05) is 37.5 Å². The molecule has 0 saturated carbocycles. The largest absolute Gasteiger partial charge is 0.379 e. The summed E-state index contributed by atoms with van der Waals surface area (Å²) in [5, 5.41) is 15.7. The topological polar surface area (TPSA) is 107 Å². The van der Waals surface area contributed by atoms with Crippen molar-refractivity contribution in [2.45, 2.75) is 63.7 Å². The number of pyridine rings is 3. The van der Waals surface area contributed by atoms with E-state index in [1.165, 1.54) is 24.9 Å². The SMILES string of the molecule is Cc1cc(Nc2cc3nc(CN4CCOCC4)ccc3c(NC3C[C@H]4CCC[C@@H](C3)N4c3cccnc3)n2)n[nH]1. The van der Waals surface area contributed by atoms with Crippen molar-refractivity contribution in [3.8, 4) is 0 Å². The first-order valence-electron chi connectivity index (χ1n) is 14.5. The maximum Gasteiger partial charge on any atom is 0.153 e. The molecule has 3 aliphatic heterocycles. The van der Waals surface area contributed by atoms with Crippen LogP contribution >= 0.6 is 0 Å². The van der Waals surface area contributed by atoms with Gasteiger partial charge in [0.15, 0.2) is 5.82 Å². The van der Waals surface area contributed by atoms with Crippen LogP contribution in [0.5, 0.6) is 0 Å². The molecule has 3 saturated heterocycles. The van der Waals surface area contributed by atoms with Gasteiger partial charge < -0.3 is 20.3 Å². The van der Waals surface area contributed by atoms with Crippen LogP contribution in [0.2, 0.25) is 0 Å². The summed E-state index contributed by atoms with van der Waals surface area (Å²) in [7, 11) is 0. The molecule has 0 amide bonds. The van der Waals surface area contributed by atoms with Crippen LogP contribution in [0.15, 0.2) is 48.8 Å². The van der Waals surface area contributed by atoms with Crippen molar-refractivity contribution in [3.63, 3.8) is 0 Å². The van der Waals surface area contributed by atoms with E-state index in [2.05, 4.69) is 53.8 Å². The summed E-state index contributed by atoms with van der Waals surface area (Å²) in [5.41, 5.74) is 4.25. The van der Waals surface area contributed by atoms with Crippen LogP contribution < -0.4 is 15.5 Å². The number of piperidine rings is 2. The Balaban J connectivity index is 1.17. The van der Waals surface area contributed by atoms with Gasteiger partial charge in [-0.3, -0.25) is 20.0 Å². The quantitative estimate of drug-likeness (QED) is 0.310. The first-order valence-corrected chi connectivity index (χ1v) is 14.5. The Bertz CT molecular complexity index is 1440. The molecule has 4 aromatic rings. The summed E-state index contributed by atoms with van der Waals surface area (Å²) in [5.74, 6) is 2.38. The Morgan fingerprint density at radius 2 is 1.88 bits per heavy atom. The summed E-state index contributed by atoms with van der Waals surface area (Å²) in [6.45, 7) is 6.26. The van der Waals surface area contributed by atoms with E-state index in [0.717, 1.165) is 85.4 Å². The van der Waals surface area contributed by atoms with Gasteiger partial charge in [0.1, 0.15) is 11.6 Å². The Labute approximate surface area is 234 Å². The molecule has 3 aliphatic rings. The maximum absolute atomic E-state index is 5.53. The van der Waals surface area contributed by atoms with Crippen molar-refractivity contribution in [2.24, 2.45) is 0 Å². The zero-order valence-corrected chi connectivity index (χ0v) is 23.0. The lowest BCUT2D eigenvalue weighted by Gasteiger charge is -2.50. The summed E-state index contributed by atoms with van der Waals surface area (Å²) >= 11 is 0. The second-order valence-electron chi connectivity index (χ2n) is 11.3. The number of aromatic nitrogens is 5. The molecule has 40 heavy (non-hydrogen) atoms. The fourth-order valence-corrected chi connectivity index (χ4v) is 6.65. The minimum Gasteiger partial charge on any atom is -0.379 e. The third kappa shape index (κ3) is 5.33. The van der Waals surface area contributed by atoms with E-state index < -0.39 is 0 Å². The van der Waals surface area contributed by atoms with Crippen molar-refractivity contribution >= 4 is 34.0 Å². The molecule has 10 nitrogen and oxygen atoms in total. The van der Waals surface area contributed by atoms with Gasteiger partial charge in [0.05, 0.1) is 36.3 Å². The van der Waals surface area contributed by atoms with Crippen LogP contribution in [-0.2, 0) is 11.3 Å². The average Bonchev–Trinajstić information content (AvgIpc) is 3.37. The standard InChI is InChI=1S/C30H37N9O/c1-20-14-29(37-36-20)34-28-17-27-26(8-7-21(32-27)19-38-10-12-40-13-11-38)30(35-28)33-22-15-23-4-2-5-24(16-22)39(23)25-6-3-9-31-18-25/h3,6-9,14,17-18,22-24H,2,4-5,10-13,15-16,19H2,1H3,(H3,33,34,35,36,37)/t22?,23-,24+. The first kappa shape index (κ1) is 25.2. The molecule has 208 valence electrons. The van der Waals surface area contributed by atoms with Gasteiger partial charge in [-0.25, -0.2) is 4.98 Å². The highest BCUT2D eigenvalue weighted by atomic mass is 16.5. The van der Waals surface area contributed by atoms with E-state index in [0.29, 0.717) is 18.1 Å². The first-order chi connectivity index (χ1) is 19.7. The minimum atomic E-state index is 0.342. The van der Waals surface area contributed by atoms with Gasteiger partial charge in [0.2, 0.25) is 0 Å². The van der Waals surface area contributed by atoms with Gasteiger partial charge in [0, 0.05) is 67.2 Å². The molecule has 3 fully saturated rings. The second-order valence-corrected chi connectivity index (χ2v) is 11.3. The van der Waals surface area contributed by atoms with Crippen LogP contribution in [-0.4, -0.2) is 74.5 Å². The third-order valence-electron chi connectivity index (χ3n) is 8.45. The van der Waals surface area contributed by atoms with Crippen molar-refractivity contribution in [1.29, 1.82) is 0 Å². The second kappa shape index (κ2) is 11.0. The summed E-state index contributed by atoms with van der Waals surface area (Å²) in [6.07, 6.45) is 9.74. The molecule has 1 unspecified atom stereocenters. The van der Waals surface area contributed by atoms with Crippen molar-refractivity contribution in [1.82, 2.24) is 30.0 Å². The number of hydrogen-bond donors (Lipinski definition) is 3. The number of H-pyrrole nitrogens is 1. The molecule has 0 spiro atoms. The number of nitrogens with zero attached hydrogens (tertiary/aromatic N) is 6. The van der Waals surface area contributed by atoms with Gasteiger partial charge in [0.25, 0.3) is 0 Å². The molecule has 10 heteroatoms. The van der Waals surface area contributed by atoms with E-state index in [1.54, 1.807) is 0 Å². The Kier molecular flexibility index (Phi) is 6.95. The van der Waals surface area contributed by atoms with Gasteiger partial charge >= 0.3 is 0 Å². The van der Waals surface area contributed by atoms with Crippen LogP contribution in [0.4, 0.5) is 23.1 Å². The molecule has 0 aromatic carbocycles. The lowest BCUT2D eigenvalue weighted by molar-refractivity contribution is 0.0337. The summed E-state index contributed by atoms with van der Waals surface area (Å²) < 4.78 is 5.53. The van der Waals surface area contributed by atoms with E-state index in [4.69, 9.17) is 14.7 Å². The number of morpholine rings is 1. The molecular weight excluding hydrogens is 502 g/mol. The lowest BCUT2D eigenvalue weighted by Crippen LogP contribution is -2.55. The normalized spacial score (nSPS) is 23.3. The molecular formula is C30H37N9O. The number of hydrogen-bond acceptors (Lipinski definition) is 9. The van der Waals surface area contributed by atoms with Gasteiger partial charge in [-0.15, -0.1) is 0 Å². The summed E-state index contributed by atoms with van der Waals surface area (Å²) in [6, 6.07) is 14.0. The fraction of sp³-hybridized carbons (Fsp3) is 0.467. The van der Waals surface area contributed by atoms with Crippen LogP contribution in [0.1, 0.15) is 43.5 Å². The fourth-order valence-electron chi connectivity index (χ4n) is 6.65. The molecule has 7 heterocycles. The monoisotopic (exact) mass is 539 g/mol. The van der Waals surface area contributed by atoms with Crippen LogP contribution in [0.3, 0.4) is 0 Å². The molecule has 0 radical (unpaired) electrons. The van der Waals surface area contributed by atoms with E-state index >= 15 is 0 Å². The van der Waals surface area contributed by atoms with Gasteiger partial charge in [-0.2, -0.15) is 5.10 Å². The predicted octanol–water partition coefficient (Wildman–Crippen LogP) is 4.63. The molecule has 2 bridgehead atoms. The van der Waals surface area contributed by atoms with Gasteiger partial charge in [-0.05, 0) is 63.3 Å². The van der Waals surface area contributed by atoms with Crippen molar-refractivity contribution in [2.75, 3.05) is 41.8 Å². The number of aromatic amines is 1.